The Balaban J connectivity index is 1.39. The summed E-state index contributed by atoms with van der Waals surface area (Å²) in [5, 5.41) is 0. The van der Waals surface area contributed by atoms with Gasteiger partial charge in [0.1, 0.15) is 11.5 Å². The van der Waals surface area contributed by atoms with Crippen LogP contribution in [0.5, 0.6) is 11.5 Å². The second-order valence-corrected chi connectivity index (χ2v) is 9.39. The Morgan fingerprint density at radius 1 is 0.742 bits per heavy atom. The molecular formula is C26H29O4P. The van der Waals surface area contributed by atoms with Gasteiger partial charge in [-0.1, -0.05) is 73.5 Å². The van der Waals surface area contributed by atoms with Gasteiger partial charge in [0.2, 0.25) is 0 Å². The molecule has 31 heavy (non-hydrogen) atoms. The zero-order valence-electron chi connectivity index (χ0n) is 17.7. The first-order chi connectivity index (χ1) is 15.2. The van der Waals surface area contributed by atoms with Gasteiger partial charge in [0.15, 0.2) is 0 Å². The highest BCUT2D eigenvalue weighted by molar-refractivity contribution is 7.49. The molecule has 1 aliphatic rings. The van der Waals surface area contributed by atoms with Crippen LogP contribution in [0.15, 0.2) is 84.9 Å². The Labute approximate surface area is 184 Å². The number of phosphoric acid groups is 1. The van der Waals surface area contributed by atoms with Gasteiger partial charge < -0.3 is 9.05 Å². The standard InChI is InChI=1S/C26H29O4P/c27-31(29-24-16-3-1-4-17-24,30-25-18-5-2-6-19-25)28-21-11-15-23-14-9-10-20-26(23)22-12-7-8-13-22/h1-6,9-10,14,16-20,22H,7-8,11-13,15,21H2. The van der Waals surface area contributed by atoms with Gasteiger partial charge in [0.05, 0.1) is 6.61 Å². The van der Waals surface area contributed by atoms with Crippen molar-refractivity contribution in [3.05, 3.63) is 96.1 Å². The van der Waals surface area contributed by atoms with E-state index < -0.39 is 7.82 Å². The zero-order chi connectivity index (χ0) is 21.4. The van der Waals surface area contributed by atoms with E-state index in [-0.39, 0.29) is 6.61 Å². The molecule has 0 unspecified atom stereocenters. The van der Waals surface area contributed by atoms with E-state index in [1.54, 1.807) is 24.3 Å². The van der Waals surface area contributed by atoms with Gasteiger partial charge in [0.25, 0.3) is 0 Å². The Kier molecular flexibility index (Phi) is 7.45. The molecule has 0 heterocycles. The number of phosphoric ester groups is 1. The van der Waals surface area contributed by atoms with Crippen molar-refractivity contribution in [1.29, 1.82) is 0 Å². The van der Waals surface area contributed by atoms with E-state index in [1.165, 1.54) is 36.8 Å². The quantitative estimate of drug-likeness (QED) is 0.243. The van der Waals surface area contributed by atoms with Crippen LogP contribution in [-0.2, 0) is 15.5 Å². The third-order valence-corrected chi connectivity index (χ3v) is 6.98. The van der Waals surface area contributed by atoms with E-state index >= 15 is 0 Å². The molecule has 1 saturated carbocycles. The lowest BCUT2D eigenvalue weighted by Gasteiger charge is -2.19. The highest BCUT2D eigenvalue weighted by atomic mass is 31.2. The van der Waals surface area contributed by atoms with Crippen molar-refractivity contribution in [2.75, 3.05) is 6.61 Å². The number of hydrogen-bond donors (Lipinski definition) is 0. The summed E-state index contributed by atoms with van der Waals surface area (Å²) in [5.41, 5.74) is 2.82. The summed E-state index contributed by atoms with van der Waals surface area (Å²) in [6, 6.07) is 26.7. The van der Waals surface area contributed by atoms with Crippen LogP contribution >= 0.6 is 7.82 Å². The van der Waals surface area contributed by atoms with Gasteiger partial charge >= 0.3 is 7.82 Å². The normalized spacial score (nSPS) is 14.5. The third kappa shape index (κ3) is 6.22. The minimum Gasteiger partial charge on any atom is -0.395 e. The van der Waals surface area contributed by atoms with Crippen LogP contribution in [0, 0.1) is 0 Å². The van der Waals surface area contributed by atoms with Crippen LogP contribution in [-0.4, -0.2) is 6.61 Å². The predicted octanol–water partition coefficient (Wildman–Crippen LogP) is 7.56. The Morgan fingerprint density at radius 3 is 1.90 bits per heavy atom. The molecule has 162 valence electrons. The fourth-order valence-electron chi connectivity index (χ4n) is 4.13. The largest absolute Gasteiger partial charge is 0.587 e. The molecular weight excluding hydrogens is 407 g/mol. The van der Waals surface area contributed by atoms with Gasteiger partial charge in [-0.15, -0.1) is 0 Å². The maximum Gasteiger partial charge on any atom is 0.587 e. The van der Waals surface area contributed by atoms with Crippen LogP contribution in [0.25, 0.3) is 0 Å². The molecule has 5 heteroatoms. The van der Waals surface area contributed by atoms with Crippen molar-refractivity contribution in [3.8, 4) is 11.5 Å². The molecule has 1 aliphatic carbocycles. The second kappa shape index (κ2) is 10.7. The molecule has 3 aromatic carbocycles. The first kappa shape index (κ1) is 21.7. The molecule has 0 radical (unpaired) electrons. The molecule has 0 amide bonds. The predicted molar refractivity (Wildman–Crippen MR) is 124 cm³/mol. The van der Waals surface area contributed by atoms with Crippen LogP contribution < -0.4 is 9.05 Å². The van der Waals surface area contributed by atoms with Crippen molar-refractivity contribution in [1.82, 2.24) is 0 Å². The van der Waals surface area contributed by atoms with E-state index in [0.29, 0.717) is 17.4 Å². The molecule has 0 N–H and O–H groups in total. The van der Waals surface area contributed by atoms with Crippen LogP contribution in [0.3, 0.4) is 0 Å². The Bertz CT molecular complexity index is 939. The summed E-state index contributed by atoms with van der Waals surface area (Å²) in [4.78, 5) is 0. The SMILES string of the molecule is O=P(OCCCc1ccccc1C1CCCC1)(Oc1ccccc1)Oc1ccccc1. The topological polar surface area (TPSA) is 44.8 Å². The first-order valence-electron chi connectivity index (χ1n) is 11.0. The number of para-hydroxylation sites is 2. The van der Waals surface area contributed by atoms with Crippen molar-refractivity contribution >= 4 is 7.82 Å². The highest BCUT2D eigenvalue weighted by Crippen LogP contribution is 2.49. The molecule has 0 atom stereocenters. The summed E-state index contributed by atoms with van der Waals surface area (Å²) in [5.74, 6) is 1.58. The summed E-state index contributed by atoms with van der Waals surface area (Å²) in [7, 11) is -3.82. The van der Waals surface area contributed by atoms with E-state index in [0.717, 1.165) is 12.8 Å². The van der Waals surface area contributed by atoms with Crippen LogP contribution in [0.4, 0.5) is 0 Å². The van der Waals surface area contributed by atoms with Crippen LogP contribution in [0.1, 0.15) is 49.1 Å². The summed E-state index contributed by atoms with van der Waals surface area (Å²) in [6.07, 6.45) is 6.81. The van der Waals surface area contributed by atoms with E-state index in [9.17, 15) is 4.57 Å². The van der Waals surface area contributed by atoms with Gasteiger partial charge in [-0.25, -0.2) is 4.57 Å². The fraction of sp³-hybridized carbons (Fsp3) is 0.308. The van der Waals surface area contributed by atoms with Gasteiger partial charge in [-0.3, -0.25) is 4.52 Å². The lowest BCUT2D eigenvalue weighted by molar-refractivity contribution is 0.207. The van der Waals surface area contributed by atoms with Crippen LogP contribution in [0.2, 0.25) is 0 Å². The Morgan fingerprint density at radius 2 is 1.29 bits per heavy atom. The minimum atomic E-state index is -3.82. The molecule has 0 aliphatic heterocycles. The van der Waals surface area contributed by atoms with Crippen molar-refractivity contribution < 1.29 is 18.1 Å². The first-order valence-corrected chi connectivity index (χ1v) is 12.5. The number of benzene rings is 3. The molecule has 0 aromatic heterocycles. The zero-order valence-corrected chi connectivity index (χ0v) is 18.6. The molecule has 0 saturated heterocycles. The molecule has 0 spiro atoms. The monoisotopic (exact) mass is 436 g/mol. The van der Waals surface area contributed by atoms with Crippen molar-refractivity contribution in [2.45, 2.75) is 44.4 Å². The summed E-state index contributed by atoms with van der Waals surface area (Å²) < 4.78 is 30.5. The highest BCUT2D eigenvalue weighted by Gasteiger charge is 2.30. The maximum atomic E-state index is 13.4. The molecule has 4 rings (SSSR count). The number of aryl methyl sites for hydroxylation is 1. The number of hydrogen-bond acceptors (Lipinski definition) is 4. The third-order valence-electron chi connectivity index (χ3n) is 5.61. The fourth-order valence-corrected chi connectivity index (χ4v) is 5.38. The maximum absolute atomic E-state index is 13.4. The minimum absolute atomic E-state index is 0.288. The van der Waals surface area contributed by atoms with Gasteiger partial charge in [-0.05, 0) is 67.0 Å². The molecule has 4 nitrogen and oxygen atoms in total. The average Bonchev–Trinajstić information content (AvgIpc) is 3.33. The van der Waals surface area contributed by atoms with E-state index in [4.69, 9.17) is 13.6 Å². The molecule has 1 fully saturated rings. The lowest BCUT2D eigenvalue weighted by atomic mass is 9.91. The molecule has 3 aromatic rings. The van der Waals surface area contributed by atoms with Crippen molar-refractivity contribution in [3.63, 3.8) is 0 Å². The Hall–Kier alpha value is -2.55. The average molecular weight is 436 g/mol. The van der Waals surface area contributed by atoms with Gasteiger partial charge in [-0.2, -0.15) is 0 Å². The molecule has 0 bridgehead atoms. The van der Waals surface area contributed by atoms with Crippen molar-refractivity contribution in [2.24, 2.45) is 0 Å². The summed E-state index contributed by atoms with van der Waals surface area (Å²) >= 11 is 0. The second-order valence-electron chi connectivity index (χ2n) is 7.87. The lowest BCUT2D eigenvalue weighted by Crippen LogP contribution is -2.07. The number of rotatable bonds is 10. The van der Waals surface area contributed by atoms with E-state index in [2.05, 4.69) is 24.3 Å². The smallest absolute Gasteiger partial charge is 0.395 e. The van der Waals surface area contributed by atoms with E-state index in [1.807, 2.05) is 36.4 Å². The summed E-state index contributed by atoms with van der Waals surface area (Å²) in [6.45, 7) is 0.288. The van der Waals surface area contributed by atoms with Gasteiger partial charge in [0, 0.05) is 0 Å².